The second-order valence-electron chi connectivity index (χ2n) is 17.9. The summed E-state index contributed by atoms with van der Waals surface area (Å²) in [5, 5.41) is 21.1. The monoisotopic (exact) mass is 903 g/mol. The van der Waals surface area contributed by atoms with Crippen LogP contribution in [0.25, 0.3) is 0 Å². The maximum Gasteiger partial charge on any atom is 0.472 e. The molecule has 13 nitrogen and oxygen atoms in total. The number of amides is 4. The largest absolute Gasteiger partial charge is 0.472 e. The SMILES string of the molecule is CCCCCCCCCCCCCCCCCCCC(=O)N[C@@H](COP(=O)(O)OCCNC(=O)[C@@H](NC(C)=O)C(C)C)C(=O)NCCC(O)CCCCCCCCCCCCC. The Balaban J connectivity index is 4.71. The van der Waals surface area contributed by atoms with Crippen LogP contribution in [-0.4, -0.2) is 78.1 Å². The van der Waals surface area contributed by atoms with Gasteiger partial charge in [0.25, 0.3) is 0 Å². The number of rotatable bonds is 45. The molecule has 0 aliphatic carbocycles. The molecule has 2 unspecified atom stereocenters. The highest BCUT2D eigenvalue weighted by Crippen LogP contribution is 2.43. The standard InChI is InChI=1S/C48H95N4O9P/c1-6-8-10-12-14-16-18-19-20-21-22-23-25-27-29-31-33-35-45(55)52-44(40-61-62(58,59)60-39-38-50-48(57)46(41(3)4)51-42(5)53)47(56)49-37-36-43(54)34-32-30-28-26-24-17-15-13-11-9-7-2/h41,43-44,46,54H,6-40H2,1-5H3,(H,49,56)(H,50,57)(H,51,53)(H,52,55)(H,58,59)/t43?,44-,46-/m0/s1. The molecule has 0 saturated carbocycles. The zero-order valence-electron chi connectivity index (χ0n) is 40.3. The van der Waals surface area contributed by atoms with E-state index < -0.39 is 44.4 Å². The van der Waals surface area contributed by atoms with Gasteiger partial charge in [-0.25, -0.2) is 4.57 Å². The summed E-state index contributed by atoms with van der Waals surface area (Å²) in [6.45, 7) is 8.42. The highest BCUT2D eigenvalue weighted by molar-refractivity contribution is 7.47. The minimum Gasteiger partial charge on any atom is -0.393 e. The summed E-state index contributed by atoms with van der Waals surface area (Å²) >= 11 is 0. The van der Waals surface area contributed by atoms with Crippen molar-refractivity contribution in [2.75, 3.05) is 26.3 Å². The fourth-order valence-corrected chi connectivity index (χ4v) is 8.27. The Morgan fingerprint density at radius 2 is 0.968 bits per heavy atom. The summed E-state index contributed by atoms with van der Waals surface area (Å²) in [6, 6.07) is -2.03. The number of hydrogen-bond donors (Lipinski definition) is 6. The second-order valence-corrected chi connectivity index (χ2v) is 19.3. The molecule has 0 saturated heterocycles. The number of nitrogens with one attached hydrogen (secondary N) is 4. The Kier molecular flexibility index (Phi) is 40.3. The van der Waals surface area contributed by atoms with Crippen molar-refractivity contribution < 1.29 is 42.8 Å². The topological polar surface area (TPSA) is 192 Å². The maximum absolute atomic E-state index is 13.2. The molecule has 0 bridgehead atoms. The van der Waals surface area contributed by atoms with E-state index >= 15 is 0 Å². The van der Waals surface area contributed by atoms with Crippen LogP contribution in [0.4, 0.5) is 0 Å². The molecular weight excluding hydrogens is 808 g/mol. The van der Waals surface area contributed by atoms with Gasteiger partial charge in [0.1, 0.15) is 12.1 Å². The van der Waals surface area contributed by atoms with Crippen LogP contribution in [0.1, 0.15) is 234 Å². The van der Waals surface area contributed by atoms with E-state index in [1.54, 1.807) is 13.8 Å². The highest BCUT2D eigenvalue weighted by atomic mass is 31.2. The molecule has 0 spiro atoms. The van der Waals surface area contributed by atoms with Gasteiger partial charge in [0.2, 0.25) is 23.6 Å². The van der Waals surface area contributed by atoms with Gasteiger partial charge in [-0.05, 0) is 25.2 Å². The molecule has 4 atom stereocenters. The lowest BCUT2D eigenvalue weighted by Crippen LogP contribution is -2.50. The number of aliphatic hydroxyl groups excluding tert-OH is 1. The van der Waals surface area contributed by atoms with Gasteiger partial charge in [-0.15, -0.1) is 0 Å². The zero-order chi connectivity index (χ0) is 46.1. The highest BCUT2D eigenvalue weighted by Gasteiger charge is 2.28. The summed E-state index contributed by atoms with van der Waals surface area (Å²) in [5.41, 5.74) is 0. The third-order valence-electron chi connectivity index (χ3n) is 11.4. The average molecular weight is 903 g/mol. The minimum absolute atomic E-state index is 0.128. The number of hydrogen-bond acceptors (Lipinski definition) is 8. The third-order valence-corrected chi connectivity index (χ3v) is 12.4. The van der Waals surface area contributed by atoms with Gasteiger partial charge >= 0.3 is 7.82 Å². The molecule has 0 aromatic heterocycles. The van der Waals surface area contributed by atoms with E-state index in [9.17, 15) is 33.7 Å². The van der Waals surface area contributed by atoms with Crippen LogP contribution in [0.2, 0.25) is 0 Å². The minimum atomic E-state index is -4.68. The Bertz CT molecular complexity index is 1160. The van der Waals surface area contributed by atoms with Crippen LogP contribution in [0.5, 0.6) is 0 Å². The van der Waals surface area contributed by atoms with E-state index in [-0.39, 0.29) is 43.8 Å². The van der Waals surface area contributed by atoms with E-state index in [1.807, 2.05) is 0 Å². The quantitative estimate of drug-likeness (QED) is 0.0255. The van der Waals surface area contributed by atoms with Crippen LogP contribution >= 0.6 is 7.82 Å². The van der Waals surface area contributed by atoms with E-state index in [4.69, 9.17) is 9.05 Å². The van der Waals surface area contributed by atoms with Gasteiger partial charge in [-0.2, -0.15) is 0 Å². The molecule has 4 amide bonds. The Hall–Kier alpha value is -2.05. The number of phosphoric acid groups is 1. The molecule has 0 heterocycles. The zero-order valence-corrected chi connectivity index (χ0v) is 41.2. The van der Waals surface area contributed by atoms with Crippen molar-refractivity contribution >= 4 is 31.5 Å². The van der Waals surface area contributed by atoms with Crippen LogP contribution in [0.15, 0.2) is 0 Å². The van der Waals surface area contributed by atoms with Gasteiger partial charge in [0, 0.05) is 26.4 Å². The van der Waals surface area contributed by atoms with Crippen LogP contribution in [0, 0.1) is 5.92 Å². The van der Waals surface area contributed by atoms with Crippen LogP contribution < -0.4 is 21.3 Å². The summed E-state index contributed by atoms with van der Waals surface area (Å²) < 4.78 is 22.9. The van der Waals surface area contributed by atoms with Gasteiger partial charge in [-0.3, -0.25) is 28.2 Å². The van der Waals surface area contributed by atoms with Crippen molar-refractivity contribution in [3.05, 3.63) is 0 Å². The molecular formula is C48H95N4O9P. The van der Waals surface area contributed by atoms with E-state index in [2.05, 4.69) is 35.1 Å². The van der Waals surface area contributed by atoms with Gasteiger partial charge in [0.15, 0.2) is 0 Å². The summed E-state index contributed by atoms with van der Waals surface area (Å²) in [6.07, 6.45) is 35.1. The van der Waals surface area contributed by atoms with Crippen molar-refractivity contribution in [2.24, 2.45) is 5.92 Å². The first-order chi connectivity index (χ1) is 29.8. The lowest BCUT2D eigenvalue weighted by molar-refractivity contribution is -0.130. The molecule has 6 N–H and O–H groups in total. The van der Waals surface area contributed by atoms with Crippen LogP contribution in [0.3, 0.4) is 0 Å². The molecule has 0 aliphatic heterocycles. The first kappa shape index (κ1) is 60.0. The summed E-state index contributed by atoms with van der Waals surface area (Å²) in [7, 11) is -4.68. The number of carbonyl (C=O) groups excluding carboxylic acids is 4. The normalized spacial score (nSPS) is 13.9. The van der Waals surface area contributed by atoms with Crippen molar-refractivity contribution in [3.63, 3.8) is 0 Å². The van der Waals surface area contributed by atoms with Crippen molar-refractivity contribution in [3.8, 4) is 0 Å². The molecule has 366 valence electrons. The summed E-state index contributed by atoms with van der Waals surface area (Å²) in [5.74, 6) is -1.95. The third kappa shape index (κ3) is 38.4. The smallest absolute Gasteiger partial charge is 0.393 e. The Morgan fingerprint density at radius 3 is 1.40 bits per heavy atom. The fraction of sp³-hybridized carbons (Fsp3) is 0.917. The molecule has 0 aliphatic rings. The van der Waals surface area contributed by atoms with E-state index in [0.717, 1.165) is 38.5 Å². The number of carbonyl (C=O) groups is 4. The molecule has 0 radical (unpaired) electrons. The van der Waals surface area contributed by atoms with E-state index in [1.165, 1.54) is 142 Å². The lowest BCUT2D eigenvalue weighted by Gasteiger charge is -2.22. The second kappa shape index (κ2) is 41.6. The molecule has 14 heteroatoms. The molecule has 0 rings (SSSR count). The van der Waals surface area contributed by atoms with Gasteiger partial charge < -0.3 is 31.3 Å². The predicted octanol–water partition coefficient (Wildman–Crippen LogP) is 10.5. The Morgan fingerprint density at radius 1 is 0.548 bits per heavy atom. The molecule has 0 aromatic rings. The first-order valence-electron chi connectivity index (χ1n) is 25.2. The maximum atomic E-state index is 13.2. The number of unbranched alkanes of at least 4 members (excludes halogenated alkanes) is 26. The lowest BCUT2D eigenvalue weighted by atomic mass is 10.0. The van der Waals surface area contributed by atoms with Crippen molar-refractivity contribution in [1.82, 2.24) is 21.3 Å². The molecule has 0 aromatic carbocycles. The molecule has 0 fully saturated rings. The average Bonchev–Trinajstić information content (AvgIpc) is 3.22. The molecule has 62 heavy (non-hydrogen) atoms. The van der Waals surface area contributed by atoms with Gasteiger partial charge in [0.05, 0.1) is 19.3 Å². The summed E-state index contributed by atoms with van der Waals surface area (Å²) in [4.78, 5) is 60.5. The fourth-order valence-electron chi connectivity index (χ4n) is 7.54. The van der Waals surface area contributed by atoms with Crippen molar-refractivity contribution in [1.29, 1.82) is 0 Å². The Labute approximate surface area is 378 Å². The number of phosphoric ester groups is 1. The van der Waals surface area contributed by atoms with Crippen LogP contribution in [-0.2, 0) is 32.8 Å². The predicted molar refractivity (Wildman–Crippen MR) is 253 cm³/mol. The van der Waals surface area contributed by atoms with E-state index in [0.29, 0.717) is 19.3 Å². The van der Waals surface area contributed by atoms with Gasteiger partial charge in [-0.1, -0.05) is 201 Å². The number of aliphatic hydroxyl groups is 1. The first-order valence-corrected chi connectivity index (χ1v) is 26.7. The van der Waals surface area contributed by atoms with Crippen molar-refractivity contribution in [2.45, 2.75) is 252 Å².